The maximum Gasteiger partial charge on any atom is 0.306 e. The largest absolute Gasteiger partial charge is 0.756 e. The van der Waals surface area contributed by atoms with Gasteiger partial charge in [0.2, 0.25) is 0 Å². The highest BCUT2D eigenvalue weighted by atomic mass is 31.2. The summed E-state index contributed by atoms with van der Waals surface area (Å²) in [6.07, 6.45) is 32.3. The highest BCUT2D eigenvalue weighted by molar-refractivity contribution is 7.45. The standard InChI is InChI=1S/C40H78NO8P/c1-6-8-10-12-14-16-18-19-20-21-23-24-26-28-30-32-39(42)46-36-38(37-48-50(44,45)47-35-34-41(3,4)5)49-40(43)33-31-29-27-25-22-17-15-13-11-9-7-2/h19-20,38H,6-18,21-37H2,1-5H3. The molecule has 0 aliphatic heterocycles. The molecule has 10 heteroatoms. The predicted molar refractivity (Wildman–Crippen MR) is 204 cm³/mol. The Kier molecular flexibility index (Phi) is 32.7. The molecule has 50 heavy (non-hydrogen) atoms. The smallest absolute Gasteiger partial charge is 0.306 e. The van der Waals surface area contributed by atoms with Gasteiger partial charge in [-0.25, -0.2) is 0 Å². The van der Waals surface area contributed by atoms with Crippen molar-refractivity contribution in [3.63, 3.8) is 0 Å². The van der Waals surface area contributed by atoms with Crippen molar-refractivity contribution in [3.8, 4) is 0 Å². The third kappa shape index (κ3) is 36.5. The molecule has 0 saturated heterocycles. The average Bonchev–Trinajstić information content (AvgIpc) is 3.06. The molecule has 0 aromatic heterocycles. The number of hydrogen-bond acceptors (Lipinski definition) is 8. The zero-order chi connectivity index (χ0) is 37.2. The van der Waals surface area contributed by atoms with Gasteiger partial charge in [0.05, 0.1) is 27.7 Å². The molecule has 296 valence electrons. The van der Waals surface area contributed by atoms with E-state index in [1.54, 1.807) is 0 Å². The summed E-state index contributed by atoms with van der Waals surface area (Å²) in [7, 11) is 1.17. The monoisotopic (exact) mass is 732 g/mol. The van der Waals surface area contributed by atoms with Crippen molar-refractivity contribution < 1.29 is 42.1 Å². The normalized spacial score (nSPS) is 13.8. The maximum atomic E-state index is 12.6. The molecule has 0 heterocycles. The zero-order valence-corrected chi connectivity index (χ0v) is 34.0. The van der Waals surface area contributed by atoms with Crippen molar-refractivity contribution in [2.75, 3.05) is 47.5 Å². The van der Waals surface area contributed by atoms with Crippen molar-refractivity contribution in [1.82, 2.24) is 0 Å². The van der Waals surface area contributed by atoms with Crippen molar-refractivity contribution in [2.24, 2.45) is 0 Å². The molecule has 0 amide bonds. The highest BCUT2D eigenvalue weighted by Crippen LogP contribution is 2.38. The minimum absolute atomic E-state index is 0.0292. The van der Waals surface area contributed by atoms with Gasteiger partial charge >= 0.3 is 11.9 Å². The molecule has 2 atom stereocenters. The molecule has 0 rings (SSSR count). The van der Waals surface area contributed by atoms with Gasteiger partial charge in [-0.2, -0.15) is 0 Å². The van der Waals surface area contributed by atoms with E-state index < -0.39 is 32.5 Å². The van der Waals surface area contributed by atoms with Crippen molar-refractivity contribution >= 4 is 19.8 Å². The van der Waals surface area contributed by atoms with Crippen LogP contribution < -0.4 is 4.89 Å². The lowest BCUT2D eigenvalue weighted by Gasteiger charge is -2.28. The molecule has 0 aliphatic carbocycles. The van der Waals surface area contributed by atoms with Crippen LogP contribution in [0.3, 0.4) is 0 Å². The van der Waals surface area contributed by atoms with Gasteiger partial charge in [-0.3, -0.25) is 14.2 Å². The fourth-order valence-electron chi connectivity index (χ4n) is 5.53. The summed E-state index contributed by atoms with van der Waals surface area (Å²) in [6.45, 7) is 4.20. The Morgan fingerprint density at radius 2 is 1.02 bits per heavy atom. The second-order valence-electron chi connectivity index (χ2n) is 15.0. The number of esters is 2. The van der Waals surface area contributed by atoms with Crippen LogP contribution in [0, 0.1) is 0 Å². The molecule has 2 unspecified atom stereocenters. The summed E-state index contributed by atoms with van der Waals surface area (Å²) in [5, 5.41) is 0. The van der Waals surface area contributed by atoms with Crippen LogP contribution >= 0.6 is 7.82 Å². The van der Waals surface area contributed by atoms with Gasteiger partial charge in [0.1, 0.15) is 19.8 Å². The number of allylic oxidation sites excluding steroid dienone is 2. The molecule has 0 fully saturated rings. The first-order valence-electron chi connectivity index (χ1n) is 20.4. The molecule has 0 radical (unpaired) electrons. The number of unbranched alkanes of at least 4 members (excludes halogenated alkanes) is 21. The van der Waals surface area contributed by atoms with Gasteiger partial charge in [-0.15, -0.1) is 0 Å². The maximum absolute atomic E-state index is 12.6. The summed E-state index contributed by atoms with van der Waals surface area (Å²) in [6, 6.07) is 0. The summed E-state index contributed by atoms with van der Waals surface area (Å²) in [5.41, 5.74) is 0. The van der Waals surface area contributed by atoms with E-state index in [0.717, 1.165) is 51.4 Å². The summed E-state index contributed by atoms with van der Waals surface area (Å²) in [5.74, 6) is -0.840. The van der Waals surface area contributed by atoms with E-state index in [2.05, 4.69) is 26.0 Å². The van der Waals surface area contributed by atoms with Crippen LogP contribution in [-0.2, 0) is 32.7 Å². The number of ether oxygens (including phenoxy) is 2. The van der Waals surface area contributed by atoms with E-state index in [-0.39, 0.29) is 26.1 Å². The average molecular weight is 732 g/mol. The van der Waals surface area contributed by atoms with Crippen LogP contribution in [-0.4, -0.2) is 70.0 Å². The lowest BCUT2D eigenvalue weighted by Crippen LogP contribution is -2.37. The van der Waals surface area contributed by atoms with Gasteiger partial charge in [0.15, 0.2) is 6.10 Å². The first-order chi connectivity index (χ1) is 24.0. The minimum Gasteiger partial charge on any atom is -0.756 e. The second kappa shape index (κ2) is 33.6. The van der Waals surface area contributed by atoms with Crippen molar-refractivity contribution in [2.45, 2.75) is 187 Å². The fraction of sp³-hybridized carbons (Fsp3) is 0.900. The van der Waals surface area contributed by atoms with E-state index in [1.165, 1.54) is 96.3 Å². The SMILES string of the molecule is CCCCCCCCC=CCCCCCCCC(=O)OCC(COP(=O)([O-])OCC[N+](C)(C)C)OC(=O)CCCCCCCCCCCCC. The van der Waals surface area contributed by atoms with E-state index in [0.29, 0.717) is 17.4 Å². The third-order valence-corrected chi connectivity index (χ3v) is 9.75. The van der Waals surface area contributed by atoms with Crippen LogP contribution in [0.1, 0.15) is 181 Å². The lowest BCUT2D eigenvalue weighted by atomic mass is 10.1. The number of carbonyl (C=O) groups excluding carboxylic acids is 2. The van der Waals surface area contributed by atoms with Gasteiger partial charge in [-0.05, 0) is 38.5 Å². The molecule has 0 aromatic rings. The van der Waals surface area contributed by atoms with Crippen LogP contribution in [0.25, 0.3) is 0 Å². The number of rotatable bonds is 37. The molecular weight excluding hydrogens is 653 g/mol. The topological polar surface area (TPSA) is 111 Å². The van der Waals surface area contributed by atoms with E-state index in [9.17, 15) is 19.0 Å². The molecule has 9 nitrogen and oxygen atoms in total. The Morgan fingerprint density at radius 1 is 0.600 bits per heavy atom. The van der Waals surface area contributed by atoms with Crippen LogP contribution in [0.2, 0.25) is 0 Å². The van der Waals surface area contributed by atoms with E-state index in [1.807, 2.05) is 21.1 Å². The first-order valence-corrected chi connectivity index (χ1v) is 21.9. The molecule has 0 N–H and O–H groups in total. The number of likely N-dealkylation sites (N-methyl/N-ethyl adjacent to an activating group) is 1. The van der Waals surface area contributed by atoms with Gasteiger partial charge < -0.3 is 27.9 Å². The molecular formula is C40H78NO8P. The Morgan fingerprint density at radius 3 is 1.48 bits per heavy atom. The fourth-order valence-corrected chi connectivity index (χ4v) is 6.26. The molecule has 0 aromatic carbocycles. The quantitative estimate of drug-likeness (QED) is 0.0204. The third-order valence-electron chi connectivity index (χ3n) is 8.79. The van der Waals surface area contributed by atoms with E-state index in [4.69, 9.17) is 18.5 Å². The van der Waals surface area contributed by atoms with Gasteiger partial charge in [0.25, 0.3) is 7.82 Å². The Hall–Kier alpha value is -1.25. The minimum atomic E-state index is -4.61. The number of phosphoric acid groups is 1. The van der Waals surface area contributed by atoms with E-state index >= 15 is 0 Å². The molecule has 0 aliphatic rings. The summed E-state index contributed by atoms with van der Waals surface area (Å²) < 4.78 is 33.8. The van der Waals surface area contributed by atoms with Crippen LogP contribution in [0.15, 0.2) is 12.2 Å². The van der Waals surface area contributed by atoms with Crippen molar-refractivity contribution in [3.05, 3.63) is 12.2 Å². The molecule has 0 saturated carbocycles. The van der Waals surface area contributed by atoms with Crippen LogP contribution in [0.5, 0.6) is 0 Å². The molecule has 0 bridgehead atoms. The second-order valence-corrected chi connectivity index (χ2v) is 16.4. The number of quaternary nitrogens is 1. The van der Waals surface area contributed by atoms with Gasteiger partial charge in [-0.1, -0.05) is 142 Å². The van der Waals surface area contributed by atoms with Gasteiger partial charge in [0, 0.05) is 12.8 Å². The first kappa shape index (κ1) is 48.8. The Labute approximate surface area is 307 Å². The number of carbonyl (C=O) groups is 2. The zero-order valence-electron chi connectivity index (χ0n) is 33.1. The molecule has 0 spiro atoms. The van der Waals surface area contributed by atoms with Crippen LogP contribution in [0.4, 0.5) is 0 Å². The highest BCUT2D eigenvalue weighted by Gasteiger charge is 2.21. The Balaban J connectivity index is 4.38. The summed E-state index contributed by atoms with van der Waals surface area (Å²) in [4.78, 5) is 37.3. The number of hydrogen-bond donors (Lipinski definition) is 0. The lowest BCUT2D eigenvalue weighted by molar-refractivity contribution is -0.870. The number of nitrogens with zero attached hydrogens (tertiary/aromatic N) is 1. The summed E-state index contributed by atoms with van der Waals surface area (Å²) >= 11 is 0. The predicted octanol–water partition coefficient (Wildman–Crippen LogP) is 10.4. The van der Waals surface area contributed by atoms with Crippen molar-refractivity contribution in [1.29, 1.82) is 0 Å². The number of phosphoric ester groups is 1. The Bertz CT molecular complexity index is 876.